The molecule has 0 spiro atoms. The predicted molar refractivity (Wildman–Crippen MR) is 155 cm³/mol. The summed E-state index contributed by atoms with van der Waals surface area (Å²) >= 11 is 1.57. The molecule has 0 aliphatic carbocycles. The molecule has 8 nitrogen and oxygen atoms in total. The summed E-state index contributed by atoms with van der Waals surface area (Å²) in [5.41, 5.74) is 4.68. The zero-order valence-corrected chi connectivity index (χ0v) is 23.5. The van der Waals surface area contributed by atoms with Crippen LogP contribution in [0.15, 0.2) is 54.7 Å². The maximum atomic E-state index is 12.0. The molecule has 1 saturated heterocycles. The minimum atomic E-state index is -0.316. The van der Waals surface area contributed by atoms with E-state index in [2.05, 4.69) is 34.1 Å². The van der Waals surface area contributed by atoms with Crippen LogP contribution in [0.3, 0.4) is 0 Å². The number of carbonyl (C=O) groups is 1. The standard InChI is InChI=1S/C30H36N4O4S/c1-3-37-29(35)24-9-7-22(8-10-24)27-21-31-30-34(27)32-28(39-30)23-11-13-25(14-12-23)33-17-15-26(16-18-33)38-20-6-4-5-19-36-2/h7-14,21,26H,3-6,15-20H2,1-2H3. The van der Waals surface area contributed by atoms with E-state index in [0.29, 0.717) is 18.3 Å². The van der Waals surface area contributed by atoms with Crippen LogP contribution < -0.4 is 4.90 Å². The molecule has 2 aromatic carbocycles. The Labute approximate surface area is 233 Å². The average molecular weight is 549 g/mol. The van der Waals surface area contributed by atoms with Crippen molar-refractivity contribution < 1.29 is 19.0 Å². The van der Waals surface area contributed by atoms with Gasteiger partial charge in [-0.05, 0) is 75.4 Å². The summed E-state index contributed by atoms with van der Waals surface area (Å²) in [5.74, 6) is -0.316. The summed E-state index contributed by atoms with van der Waals surface area (Å²) < 4.78 is 18.2. The zero-order valence-electron chi connectivity index (χ0n) is 22.7. The van der Waals surface area contributed by atoms with Crippen LogP contribution in [0.1, 0.15) is 49.4 Å². The van der Waals surface area contributed by atoms with E-state index >= 15 is 0 Å². The van der Waals surface area contributed by atoms with Crippen LogP contribution in [0.2, 0.25) is 0 Å². The summed E-state index contributed by atoms with van der Waals surface area (Å²) in [6.45, 7) is 5.86. The van der Waals surface area contributed by atoms with Gasteiger partial charge in [0.15, 0.2) is 0 Å². The highest BCUT2D eigenvalue weighted by molar-refractivity contribution is 7.19. The Bertz CT molecular complexity index is 1340. The van der Waals surface area contributed by atoms with Gasteiger partial charge in [-0.3, -0.25) is 0 Å². The second-order valence-corrected chi connectivity index (χ2v) is 10.7. The first-order valence-electron chi connectivity index (χ1n) is 13.7. The van der Waals surface area contributed by atoms with Crippen molar-refractivity contribution in [1.29, 1.82) is 0 Å². The number of imidazole rings is 1. The number of unbranched alkanes of at least 4 members (excludes halogenated alkanes) is 2. The molecule has 0 bridgehead atoms. The third-order valence-corrected chi connectivity index (χ3v) is 8.02. The van der Waals surface area contributed by atoms with Crippen molar-refractivity contribution in [3.63, 3.8) is 0 Å². The molecule has 0 N–H and O–H groups in total. The largest absolute Gasteiger partial charge is 0.462 e. The monoisotopic (exact) mass is 548 g/mol. The maximum absolute atomic E-state index is 12.0. The van der Waals surface area contributed by atoms with Gasteiger partial charge in [0, 0.05) is 50.2 Å². The molecule has 9 heteroatoms. The summed E-state index contributed by atoms with van der Waals surface area (Å²) in [4.78, 5) is 19.8. The summed E-state index contributed by atoms with van der Waals surface area (Å²) in [5, 5.41) is 5.78. The third-order valence-electron chi connectivity index (χ3n) is 7.04. The van der Waals surface area contributed by atoms with Gasteiger partial charge in [0.2, 0.25) is 4.96 Å². The van der Waals surface area contributed by atoms with Gasteiger partial charge >= 0.3 is 5.97 Å². The van der Waals surface area contributed by atoms with Crippen LogP contribution in [-0.2, 0) is 14.2 Å². The minimum Gasteiger partial charge on any atom is -0.462 e. The number of methoxy groups -OCH3 is 1. The first-order valence-corrected chi connectivity index (χ1v) is 14.6. The van der Waals surface area contributed by atoms with Crippen molar-refractivity contribution in [3.05, 3.63) is 60.3 Å². The number of fused-ring (bicyclic) bond motifs is 1. The van der Waals surface area contributed by atoms with Crippen LogP contribution in [-0.4, -0.2) is 66.7 Å². The van der Waals surface area contributed by atoms with Gasteiger partial charge in [-0.1, -0.05) is 23.5 Å². The first kappa shape index (κ1) is 27.3. The first-order chi connectivity index (χ1) is 19.2. The van der Waals surface area contributed by atoms with Crippen LogP contribution in [0.5, 0.6) is 0 Å². The molecule has 206 valence electrons. The van der Waals surface area contributed by atoms with E-state index in [1.165, 1.54) is 5.69 Å². The lowest BCUT2D eigenvalue weighted by Crippen LogP contribution is -2.37. The summed E-state index contributed by atoms with van der Waals surface area (Å²) in [6, 6.07) is 16.0. The SMILES string of the molecule is CCOC(=O)c1ccc(-c2cnc3sc(-c4ccc(N5CCC(OCCCCCOC)CC5)cc4)nn23)cc1. The van der Waals surface area contributed by atoms with Gasteiger partial charge in [0.05, 0.1) is 30.2 Å². The van der Waals surface area contributed by atoms with Crippen molar-refractivity contribution in [3.8, 4) is 21.8 Å². The fourth-order valence-corrected chi connectivity index (χ4v) is 5.75. The normalized spacial score (nSPS) is 14.3. The molecule has 1 aliphatic rings. The number of ether oxygens (including phenoxy) is 3. The van der Waals surface area contributed by atoms with Crippen molar-refractivity contribution in [1.82, 2.24) is 14.6 Å². The highest BCUT2D eigenvalue weighted by Gasteiger charge is 2.20. The molecule has 5 rings (SSSR count). The number of hydrogen-bond donors (Lipinski definition) is 0. The highest BCUT2D eigenvalue weighted by Crippen LogP contribution is 2.31. The van der Waals surface area contributed by atoms with Crippen molar-refractivity contribution in [2.24, 2.45) is 0 Å². The Morgan fingerprint density at radius 2 is 1.69 bits per heavy atom. The quantitative estimate of drug-likeness (QED) is 0.156. The number of anilines is 1. The number of hydrogen-bond acceptors (Lipinski definition) is 8. The van der Waals surface area contributed by atoms with Crippen LogP contribution in [0.25, 0.3) is 26.8 Å². The number of esters is 1. The Morgan fingerprint density at radius 3 is 2.41 bits per heavy atom. The van der Waals surface area contributed by atoms with E-state index in [9.17, 15) is 4.79 Å². The Hall–Kier alpha value is -3.27. The van der Waals surface area contributed by atoms with Crippen molar-refractivity contribution in [2.75, 3.05) is 44.9 Å². The van der Waals surface area contributed by atoms with Crippen LogP contribution in [0, 0.1) is 0 Å². The van der Waals surface area contributed by atoms with Crippen LogP contribution >= 0.6 is 11.3 Å². The molecule has 2 aromatic heterocycles. The molecule has 39 heavy (non-hydrogen) atoms. The lowest BCUT2D eigenvalue weighted by molar-refractivity contribution is 0.0340. The second-order valence-electron chi connectivity index (χ2n) is 9.70. The number of piperidine rings is 1. The molecule has 1 aliphatic heterocycles. The van der Waals surface area contributed by atoms with Gasteiger partial charge in [-0.15, -0.1) is 0 Å². The Balaban J connectivity index is 1.18. The van der Waals surface area contributed by atoms with Gasteiger partial charge in [-0.2, -0.15) is 5.10 Å². The Morgan fingerprint density at radius 1 is 0.974 bits per heavy atom. The zero-order chi connectivity index (χ0) is 27.0. The molecule has 3 heterocycles. The van der Waals surface area contributed by atoms with Gasteiger partial charge < -0.3 is 19.1 Å². The number of rotatable bonds is 12. The van der Waals surface area contributed by atoms with Gasteiger partial charge in [-0.25, -0.2) is 14.3 Å². The topological polar surface area (TPSA) is 78.2 Å². The molecule has 0 saturated carbocycles. The lowest BCUT2D eigenvalue weighted by Gasteiger charge is -2.33. The van der Waals surface area contributed by atoms with E-state index in [0.717, 1.165) is 85.2 Å². The fraction of sp³-hybridized carbons (Fsp3) is 0.433. The van der Waals surface area contributed by atoms with E-state index in [1.54, 1.807) is 37.5 Å². The molecule has 0 atom stereocenters. The molecule has 0 unspecified atom stereocenters. The van der Waals surface area contributed by atoms with E-state index in [-0.39, 0.29) is 5.97 Å². The smallest absolute Gasteiger partial charge is 0.338 e. The maximum Gasteiger partial charge on any atom is 0.338 e. The molecular formula is C30H36N4O4S. The second kappa shape index (κ2) is 13.2. The number of carbonyl (C=O) groups excluding carboxylic acids is 1. The van der Waals surface area contributed by atoms with Crippen molar-refractivity contribution in [2.45, 2.75) is 45.1 Å². The number of nitrogens with zero attached hydrogens (tertiary/aromatic N) is 4. The molecule has 1 fully saturated rings. The van der Waals surface area contributed by atoms with E-state index in [1.807, 2.05) is 22.8 Å². The Kier molecular flexibility index (Phi) is 9.23. The highest BCUT2D eigenvalue weighted by atomic mass is 32.1. The molecule has 0 amide bonds. The average Bonchev–Trinajstić information content (AvgIpc) is 3.57. The summed E-state index contributed by atoms with van der Waals surface area (Å²) in [7, 11) is 1.75. The van der Waals surface area contributed by atoms with E-state index in [4.69, 9.17) is 19.3 Å². The fourth-order valence-electron chi connectivity index (χ4n) is 4.87. The van der Waals surface area contributed by atoms with Gasteiger partial charge in [0.25, 0.3) is 0 Å². The molecular weight excluding hydrogens is 512 g/mol. The lowest BCUT2D eigenvalue weighted by atomic mass is 10.1. The van der Waals surface area contributed by atoms with Gasteiger partial charge in [0.1, 0.15) is 5.01 Å². The van der Waals surface area contributed by atoms with E-state index < -0.39 is 0 Å². The molecule has 4 aromatic rings. The van der Waals surface area contributed by atoms with Crippen molar-refractivity contribution >= 4 is 28.0 Å². The summed E-state index contributed by atoms with van der Waals surface area (Å²) in [6.07, 6.45) is 7.69. The minimum absolute atomic E-state index is 0.316. The molecule has 0 radical (unpaired) electrons. The number of aromatic nitrogens is 3. The third kappa shape index (κ3) is 6.66. The number of benzene rings is 2. The predicted octanol–water partition coefficient (Wildman–Crippen LogP) is 6.10. The van der Waals surface area contributed by atoms with Crippen LogP contribution in [0.4, 0.5) is 5.69 Å².